The number of amides is 1. The van der Waals surface area contributed by atoms with Crippen molar-refractivity contribution in [1.82, 2.24) is 9.88 Å². The topological polar surface area (TPSA) is 85.6 Å². The van der Waals surface area contributed by atoms with Crippen molar-refractivity contribution in [2.45, 2.75) is 39.3 Å². The molecular weight excluding hydrogens is 353 g/mol. The number of pyridine rings is 1. The van der Waals surface area contributed by atoms with Crippen LogP contribution in [-0.2, 0) is 17.7 Å². The van der Waals surface area contributed by atoms with E-state index in [9.17, 15) is 19.3 Å². The zero-order valence-electron chi connectivity index (χ0n) is 15.4. The van der Waals surface area contributed by atoms with Crippen molar-refractivity contribution in [2.75, 3.05) is 6.54 Å². The third-order valence-electron chi connectivity index (χ3n) is 4.13. The normalized spacial score (nSPS) is 13.9. The van der Waals surface area contributed by atoms with Gasteiger partial charge in [-0.15, -0.1) is 0 Å². The number of fused-ring (bicyclic) bond motifs is 1. The summed E-state index contributed by atoms with van der Waals surface area (Å²) < 4.78 is 19.0. The number of carbonyl (C=O) groups excluding carboxylic acids is 1. The maximum absolute atomic E-state index is 13.6. The van der Waals surface area contributed by atoms with Crippen LogP contribution in [0, 0.1) is 15.9 Å². The molecular formula is C19H20FN3O4. The van der Waals surface area contributed by atoms with Gasteiger partial charge in [0.15, 0.2) is 0 Å². The third kappa shape index (κ3) is 4.21. The van der Waals surface area contributed by atoms with Crippen LogP contribution < -0.4 is 0 Å². The quantitative estimate of drug-likeness (QED) is 0.585. The predicted octanol–water partition coefficient (Wildman–Crippen LogP) is 4.09. The molecule has 3 rings (SSSR count). The summed E-state index contributed by atoms with van der Waals surface area (Å²) in [5, 5.41) is 11.2. The van der Waals surface area contributed by atoms with Gasteiger partial charge >= 0.3 is 6.09 Å². The molecule has 1 aliphatic rings. The number of nitrogens with zero attached hydrogens (tertiary/aromatic N) is 3. The molecule has 8 heteroatoms. The summed E-state index contributed by atoms with van der Waals surface area (Å²) >= 11 is 0. The first-order valence-electron chi connectivity index (χ1n) is 8.55. The lowest BCUT2D eigenvalue weighted by Crippen LogP contribution is -2.40. The maximum atomic E-state index is 13.6. The number of carbonyl (C=O) groups is 1. The van der Waals surface area contributed by atoms with Crippen molar-refractivity contribution in [3.63, 3.8) is 0 Å². The number of benzene rings is 1. The molecule has 0 atom stereocenters. The van der Waals surface area contributed by atoms with Gasteiger partial charge in [0, 0.05) is 24.7 Å². The summed E-state index contributed by atoms with van der Waals surface area (Å²) in [4.78, 5) is 29.0. The van der Waals surface area contributed by atoms with E-state index in [1.807, 2.05) is 20.8 Å². The highest BCUT2D eigenvalue weighted by molar-refractivity contribution is 5.71. The number of hydrogen-bond donors (Lipinski definition) is 0. The number of hydrogen-bond acceptors (Lipinski definition) is 5. The Morgan fingerprint density at radius 1 is 1.30 bits per heavy atom. The molecule has 0 fully saturated rings. The fourth-order valence-corrected chi connectivity index (χ4v) is 2.92. The van der Waals surface area contributed by atoms with E-state index in [-0.39, 0.29) is 11.3 Å². The molecule has 0 bridgehead atoms. The SMILES string of the molecule is CC(C)(C)OC(=O)N1CCc2nc(-c3cc(F)ccc3[N+](=O)[O-])ccc2C1. The Kier molecular flexibility index (Phi) is 4.82. The van der Waals surface area contributed by atoms with Crippen molar-refractivity contribution < 1.29 is 18.8 Å². The van der Waals surface area contributed by atoms with Crippen LogP contribution in [-0.4, -0.2) is 33.0 Å². The molecule has 2 heterocycles. The summed E-state index contributed by atoms with van der Waals surface area (Å²) in [5.41, 5.74) is 1.29. The number of nitro groups is 1. The molecule has 27 heavy (non-hydrogen) atoms. The van der Waals surface area contributed by atoms with Gasteiger partial charge in [-0.25, -0.2) is 9.18 Å². The lowest BCUT2D eigenvalue weighted by Gasteiger charge is -2.30. The standard InChI is InChI=1S/C19H20FN3O4/c1-19(2,3)27-18(24)22-9-8-15-12(11-22)4-6-16(21-15)14-10-13(20)5-7-17(14)23(25)26/h4-7,10H,8-9,11H2,1-3H3. The van der Waals surface area contributed by atoms with Crippen molar-refractivity contribution >= 4 is 11.8 Å². The highest BCUT2D eigenvalue weighted by Crippen LogP contribution is 2.31. The van der Waals surface area contributed by atoms with Gasteiger partial charge in [0.25, 0.3) is 5.69 Å². The van der Waals surface area contributed by atoms with Gasteiger partial charge in [-0.2, -0.15) is 0 Å². The van der Waals surface area contributed by atoms with E-state index in [1.54, 1.807) is 17.0 Å². The fourth-order valence-electron chi connectivity index (χ4n) is 2.92. The minimum Gasteiger partial charge on any atom is -0.444 e. The van der Waals surface area contributed by atoms with E-state index in [2.05, 4.69) is 4.98 Å². The van der Waals surface area contributed by atoms with Gasteiger partial charge in [-0.1, -0.05) is 6.07 Å². The Hall–Kier alpha value is -3.03. The first kappa shape index (κ1) is 18.8. The number of nitro benzene ring substituents is 1. The molecule has 1 aromatic carbocycles. The molecule has 142 valence electrons. The summed E-state index contributed by atoms with van der Waals surface area (Å²) in [6, 6.07) is 6.68. The number of halogens is 1. The minimum atomic E-state index is -0.574. The van der Waals surface area contributed by atoms with Crippen LogP contribution >= 0.6 is 0 Å². The fraction of sp³-hybridized carbons (Fsp3) is 0.368. The smallest absolute Gasteiger partial charge is 0.410 e. The van der Waals surface area contributed by atoms with E-state index in [4.69, 9.17) is 4.74 Å². The average molecular weight is 373 g/mol. The van der Waals surface area contributed by atoms with Crippen LogP contribution in [0.1, 0.15) is 32.0 Å². The Labute approximate surface area is 155 Å². The molecule has 1 aromatic heterocycles. The van der Waals surface area contributed by atoms with Crippen molar-refractivity contribution in [3.8, 4) is 11.3 Å². The predicted molar refractivity (Wildman–Crippen MR) is 96.6 cm³/mol. The van der Waals surface area contributed by atoms with Crippen LogP contribution in [0.15, 0.2) is 30.3 Å². The highest BCUT2D eigenvalue weighted by atomic mass is 19.1. The monoisotopic (exact) mass is 373 g/mol. The van der Waals surface area contributed by atoms with Gasteiger partial charge in [0.1, 0.15) is 11.4 Å². The van der Waals surface area contributed by atoms with Gasteiger partial charge in [0.2, 0.25) is 0 Å². The largest absolute Gasteiger partial charge is 0.444 e. The second kappa shape index (κ2) is 6.94. The number of aromatic nitrogens is 1. The average Bonchev–Trinajstić information content (AvgIpc) is 2.59. The van der Waals surface area contributed by atoms with Gasteiger partial charge in [-0.05, 0) is 44.5 Å². The second-order valence-electron chi connectivity index (χ2n) is 7.37. The Morgan fingerprint density at radius 3 is 2.70 bits per heavy atom. The Morgan fingerprint density at radius 2 is 2.04 bits per heavy atom. The first-order valence-corrected chi connectivity index (χ1v) is 8.55. The molecule has 7 nitrogen and oxygen atoms in total. The van der Waals surface area contributed by atoms with Crippen LogP contribution in [0.3, 0.4) is 0 Å². The zero-order valence-corrected chi connectivity index (χ0v) is 15.4. The lowest BCUT2D eigenvalue weighted by atomic mass is 10.0. The highest BCUT2D eigenvalue weighted by Gasteiger charge is 2.27. The molecule has 1 aliphatic heterocycles. The van der Waals surface area contributed by atoms with Crippen LogP contribution in [0.2, 0.25) is 0 Å². The molecule has 0 saturated carbocycles. The van der Waals surface area contributed by atoms with E-state index in [0.29, 0.717) is 25.2 Å². The summed E-state index contributed by atoms with van der Waals surface area (Å²) in [5.74, 6) is -0.564. The van der Waals surface area contributed by atoms with E-state index >= 15 is 0 Å². The Balaban J connectivity index is 1.87. The summed E-state index contributed by atoms with van der Waals surface area (Å²) in [7, 11) is 0. The first-order chi connectivity index (χ1) is 12.6. The number of rotatable bonds is 2. The zero-order chi connectivity index (χ0) is 19.8. The van der Waals surface area contributed by atoms with Gasteiger partial charge in [0.05, 0.1) is 22.7 Å². The molecule has 0 N–H and O–H groups in total. The Bertz CT molecular complexity index is 908. The summed E-state index contributed by atoms with van der Waals surface area (Å²) in [6.07, 6.45) is 0.101. The van der Waals surface area contributed by atoms with E-state index < -0.39 is 22.4 Å². The van der Waals surface area contributed by atoms with Crippen molar-refractivity contribution in [3.05, 3.63) is 57.5 Å². The minimum absolute atomic E-state index is 0.136. The summed E-state index contributed by atoms with van der Waals surface area (Å²) in [6.45, 7) is 6.21. The van der Waals surface area contributed by atoms with Crippen LogP contribution in [0.5, 0.6) is 0 Å². The van der Waals surface area contributed by atoms with E-state index in [1.165, 1.54) is 0 Å². The number of ether oxygens (including phenoxy) is 1. The van der Waals surface area contributed by atoms with Crippen molar-refractivity contribution in [1.29, 1.82) is 0 Å². The van der Waals surface area contributed by atoms with Crippen LogP contribution in [0.4, 0.5) is 14.9 Å². The molecule has 2 aromatic rings. The second-order valence-corrected chi connectivity index (χ2v) is 7.37. The van der Waals surface area contributed by atoms with Gasteiger partial charge < -0.3 is 9.64 Å². The van der Waals surface area contributed by atoms with Crippen LogP contribution in [0.25, 0.3) is 11.3 Å². The molecule has 0 radical (unpaired) electrons. The van der Waals surface area contributed by atoms with Crippen molar-refractivity contribution in [2.24, 2.45) is 0 Å². The maximum Gasteiger partial charge on any atom is 0.410 e. The molecule has 0 spiro atoms. The van der Waals surface area contributed by atoms with Gasteiger partial charge in [-0.3, -0.25) is 15.1 Å². The molecule has 0 aliphatic carbocycles. The molecule has 0 saturated heterocycles. The van der Waals surface area contributed by atoms with E-state index in [0.717, 1.165) is 29.5 Å². The lowest BCUT2D eigenvalue weighted by molar-refractivity contribution is -0.384. The molecule has 0 unspecified atom stereocenters. The third-order valence-corrected chi connectivity index (χ3v) is 4.13. The molecule has 1 amide bonds.